The maximum Gasteiger partial charge on any atom is 0.215 e. The molecule has 0 bridgehead atoms. The molecule has 0 spiro atoms. The topological polar surface area (TPSA) is 63.3 Å². The first-order chi connectivity index (χ1) is 10.1. The molecule has 0 aliphatic rings. The lowest BCUT2D eigenvalue weighted by Crippen LogP contribution is -2.05. The Morgan fingerprint density at radius 3 is 2.90 bits per heavy atom. The van der Waals surface area contributed by atoms with Crippen molar-refractivity contribution in [2.45, 2.75) is 13.5 Å². The predicted octanol–water partition coefficient (Wildman–Crippen LogP) is 3.62. The number of benzene rings is 2. The van der Waals surface area contributed by atoms with Crippen LogP contribution in [0, 0.1) is 6.92 Å². The number of hydrogen-bond donors (Lipinski definition) is 1. The number of aliphatic hydroxyl groups excluding tert-OH is 1. The molecule has 0 atom stereocenters. The first kappa shape index (κ1) is 14.0. The van der Waals surface area contributed by atoms with Crippen molar-refractivity contribution in [3.05, 3.63) is 63.3 Å². The van der Waals surface area contributed by atoms with Gasteiger partial charge in [0.1, 0.15) is 0 Å². The zero-order valence-corrected chi connectivity index (χ0v) is 12.8. The Morgan fingerprint density at radius 2 is 2.14 bits per heavy atom. The number of aliphatic hydroxyl groups is 1. The number of aromatic nitrogens is 1. The van der Waals surface area contributed by atoms with Crippen molar-refractivity contribution in [1.29, 1.82) is 0 Å². The van der Waals surface area contributed by atoms with E-state index in [0.717, 1.165) is 15.6 Å². The lowest BCUT2D eigenvalue weighted by atomic mass is 10.0. The van der Waals surface area contributed by atoms with E-state index in [2.05, 4.69) is 21.1 Å². The van der Waals surface area contributed by atoms with E-state index < -0.39 is 0 Å². The SMILES string of the molecule is Cc1c(Br)cccc1C(=O)c1noc2cc(CO)ccc12. The molecule has 3 rings (SSSR count). The third kappa shape index (κ3) is 2.39. The molecule has 0 saturated carbocycles. The van der Waals surface area contributed by atoms with Gasteiger partial charge >= 0.3 is 0 Å². The van der Waals surface area contributed by atoms with Gasteiger partial charge in [-0.25, -0.2) is 0 Å². The summed E-state index contributed by atoms with van der Waals surface area (Å²) in [6.07, 6.45) is 0. The van der Waals surface area contributed by atoms with Gasteiger partial charge in [-0.15, -0.1) is 0 Å². The summed E-state index contributed by atoms with van der Waals surface area (Å²) in [7, 11) is 0. The Labute approximate surface area is 129 Å². The summed E-state index contributed by atoms with van der Waals surface area (Å²) in [4.78, 5) is 12.7. The van der Waals surface area contributed by atoms with Crippen LogP contribution < -0.4 is 0 Å². The minimum absolute atomic E-state index is 0.0787. The Kier molecular flexibility index (Phi) is 3.61. The molecule has 0 saturated heterocycles. The molecule has 4 nitrogen and oxygen atoms in total. The van der Waals surface area contributed by atoms with Gasteiger partial charge < -0.3 is 9.63 Å². The van der Waals surface area contributed by atoms with Gasteiger partial charge in [-0.05, 0) is 36.2 Å². The van der Waals surface area contributed by atoms with Crippen molar-refractivity contribution in [1.82, 2.24) is 5.16 Å². The van der Waals surface area contributed by atoms with Crippen LogP contribution in [0.25, 0.3) is 11.0 Å². The number of rotatable bonds is 3. The molecular weight excluding hydrogens is 334 g/mol. The highest BCUT2D eigenvalue weighted by Crippen LogP contribution is 2.26. The van der Waals surface area contributed by atoms with Crippen molar-refractivity contribution in [3.8, 4) is 0 Å². The summed E-state index contributed by atoms with van der Waals surface area (Å²) < 4.78 is 6.09. The van der Waals surface area contributed by atoms with Gasteiger partial charge in [-0.3, -0.25) is 4.79 Å². The van der Waals surface area contributed by atoms with Gasteiger partial charge in [0.2, 0.25) is 5.78 Å². The van der Waals surface area contributed by atoms with Crippen LogP contribution in [0.5, 0.6) is 0 Å². The summed E-state index contributed by atoms with van der Waals surface area (Å²) >= 11 is 3.42. The molecule has 1 aromatic heterocycles. The van der Waals surface area contributed by atoms with Gasteiger partial charge in [0.15, 0.2) is 11.3 Å². The van der Waals surface area contributed by atoms with Crippen molar-refractivity contribution in [2.24, 2.45) is 0 Å². The molecule has 0 fully saturated rings. The lowest BCUT2D eigenvalue weighted by molar-refractivity contribution is 0.103. The number of nitrogens with zero attached hydrogens (tertiary/aromatic N) is 1. The second-order valence-electron chi connectivity index (χ2n) is 4.76. The quantitative estimate of drug-likeness (QED) is 0.736. The fraction of sp³-hybridized carbons (Fsp3) is 0.125. The highest BCUT2D eigenvalue weighted by atomic mass is 79.9. The Balaban J connectivity index is 2.12. The molecule has 0 aliphatic carbocycles. The van der Waals surface area contributed by atoms with Gasteiger partial charge in [-0.2, -0.15) is 0 Å². The highest BCUT2D eigenvalue weighted by Gasteiger charge is 2.20. The minimum atomic E-state index is -0.177. The number of carbonyl (C=O) groups excluding carboxylic acids is 1. The van der Waals surface area contributed by atoms with E-state index in [9.17, 15) is 4.79 Å². The number of halogens is 1. The van der Waals surface area contributed by atoms with Crippen LogP contribution in [0.4, 0.5) is 0 Å². The van der Waals surface area contributed by atoms with Gasteiger partial charge in [0.25, 0.3) is 0 Å². The number of carbonyl (C=O) groups is 1. The third-order valence-corrected chi connectivity index (χ3v) is 4.31. The first-order valence-corrected chi connectivity index (χ1v) is 7.20. The fourth-order valence-electron chi connectivity index (χ4n) is 2.23. The molecule has 5 heteroatoms. The summed E-state index contributed by atoms with van der Waals surface area (Å²) in [5.74, 6) is -0.177. The predicted molar refractivity (Wildman–Crippen MR) is 82.2 cm³/mol. The molecule has 1 N–H and O–H groups in total. The van der Waals surface area contributed by atoms with E-state index in [4.69, 9.17) is 9.63 Å². The molecule has 0 radical (unpaired) electrons. The van der Waals surface area contributed by atoms with Crippen LogP contribution >= 0.6 is 15.9 Å². The van der Waals surface area contributed by atoms with Crippen molar-refractivity contribution >= 4 is 32.7 Å². The van der Waals surface area contributed by atoms with Crippen LogP contribution in [0.2, 0.25) is 0 Å². The summed E-state index contributed by atoms with van der Waals surface area (Å²) in [5.41, 5.74) is 2.96. The summed E-state index contributed by atoms with van der Waals surface area (Å²) in [6.45, 7) is 1.80. The highest BCUT2D eigenvalue weighted by molar-refractivity contribution is 9.10. The maximum atomic E-state index is 12.7. The van der Waals surface area contributed by atoms with Gasteiger partial charge in [-0.1, -0.05) is 39.3 Å². The fourth-order valence-corrected chi connectivity index (χ4v) is 2.59. The van der Waals surface area contributed by atoms with Crippen molar-refractivity contribution < 1.29 is 14.4 Å². The number of hydrogen-bond acceptors (Lipinski definition) is 4. The number of ketones is 1. The van der Waals surface area contributed by atoms with Crippen molar-refractivity contribution in [3.63, 3.8) is 0 Å². The van der Waals surface area contributed by atoms with Crippen molar-refractivity contribution in [2.75, 3.05) is 0 Å². The van der Waals surface area contributed by atoms with Crippen LogP contribution in [0.3, 0.4) is 0 Å². The molecule has 21 heavy (non-hydrogen) atoms. The molecular formula is C16H12BrNO3. The Morgan fingerprint density at radius 1 is 1.33 bits per heavy atom. The minimum Gasteiger partial charge on any atom is -0.392 e. The van der Waals surface area contributed by atoms with Crippen LogP contribution in [-0.2, 0) is 6.61 Å². The van der Waals surface area contributed by atoms with Crippen LogP contribution in [0.15, 0.2) is 45.4 Å². The zero-order chi connectivity index (χ0) is 15.0. The summed E-state index contributed by atoms with van der Waals surface area (Å²) in [5, 5.41) is 13.7. The molecule has 2 aromatic carbocycles. The molecule has 106 valence electrons. The standard InChI is InChI=1S/C16H12BrNO3/c1-9-11(3-2-4-13(9)17)16(20)15-12-6-5-10(8-19)7-14(12)21-18-15/h2-7,19H,8H2,1H3. The average molecular weight is 346 g/mol. The second kappa shape index (κ2) is 5.42. The molecule has 1 heterocycles. The number of fused-ring (bicyclic) bond motifs is 1. The third-order valence-electron chi connectivity index (χ3n) is 3.45. The van der Waals surface area contributed by atoms with E-state index in [-0.39, 0.29) is 18.1 Å². The monoisotopic (exact) mass is 345 g/mol. The van der Waals surface area contributed by atoms with E-state index in [1.54, 1.807) is 24.3 Å². The Bertz CT molecular complexity index is 839. The summed E-state index contributed by atoms with van der Waals surface area (Å²) in [6, 6.07) is 10.7. The average Bonchev–Trinajstić information content (AvgIpc) is 2.92. The maximum absolute atomic E-state index is 12.7. The van der Waals surface area contributed by atoms with E-state index in [1.807, 2.05) is 19.1 Å². The molecule has 0 aliphatic heterocycles. The van der Waals surface area contributed by atoms with Gasteiger partial charge in [0.05, 0.1) is 12.0 Å². The normalized spacial score (nSPS) is 11.0. The zero-order valence-electron chi connectivity index (χ0n) is 11.3. The first-order valence-electron chi connectivity index (χ1n) is 6.41. The smallest absolute Gasteiger partial charge is 0.215 e. The lowest BCUT2D eigenvalue weighted by Gasteiger charge is -2.04. The molecule has 0 unspecified atom stereocenters. The van der Waals surface area contributed by atoms with E-state index in [1.165, 1.54) is 0 Å². The van der Waals surface area contributed by atoms with E-state index in [0.29, 0.717) is 16.5 Å². The van der Waals surface area contributed by atoms with Gasteiger partial charge in [0, 0.05) is 10.0 Å². The van der Waals surface area contributed by atoms with E-state index >= 15 is 0 Å². The molecule has 3 aromatic rings. The molecule has 0 amide bonds. The largest absolute Gasteiger partial charge is 0.392 e. The van der Waals surface area contributed by atoms with Crippen LogP contribution in [-0.4, -0.2) is 16.0 Å². The second-order valence-corrected chi connectivity index (χ2v) is 5.62. The Hall–Kier alpha value is -1.98. The van der Waals surface area contributed by atoms with Crippen LogP contribution in [0.1, 0.15) is 27.2 Å².